The van der Waals surface area contributed by atoms with Crippen LogP contribution in [0.5, 0.6) is 0 Å². The zero-order valence-electron chi connectivity index (χ0n) is 8.67. The second kappa shape index (κ2) is 4.05. The van der Waals surface area contributed by atoms with E-state index < -0.39 is 0 Å². The van der Waals surface area contributed by atoms with Crippen molar-refractivity contribution in [1.82, 2.24) is 14.9 Å². The maximum absolute atomic E-state index is 11.7. The largest absolute Gasteiger partial charge is 0.396 e. The number of nitrogens with one attached hydrogen (secondary N) is 1. The van der Waals surface area contributed by atoms with Gasteiger partial charge in [-0.1, -0.05) is 5.16 Å². The van der Waals surface area contributed by atoms with Crippen molar-refractivity contribution >= 4 is 17.3 Å². The second-order valence-corrected chi connectivity index (χ2v) is 3.16. The number of aryl methyl sites for hydroxylation is 1. The van der Waals surface area contributed by atoms with Gasteiger partial charge in [0.2, 0.25) is 0 Å². The molecule has 7 nitrogen and oxygen atoms in total. The first-order valence-corrected chi connectivity index (χ1v) is 4.74. The molecule has 0 aliphatic rings. The lowest BCUT2D eigenvalue weighted by Gasteiger charge is -1.98. The van der Waals surface area contributed by atoms with Crippen molar-refractivity contribution < 1.29 is 9.32 Å². The van der Waals surface area contributed by atoms with E-state index >= 15 is 0 Å². The van der Waals surface area contributed by atoms with Gasteiger partial charge in [0.05, 0.1) is 11.9 Å². The van der Waals surface area contributed by atoms with E-state index in [-0.39, 0.29) is 11.6 Å². The number of amides is 1. The zero-order chi connectivity index (χ0) is 11.5. The molecule has 3 N–H and O–H groups in total. The van der Waals surface area contributed by atoms with E-state index in [9.17, 15) is 4.79 Å². The minimum atomic E-state index is -0.382. The summed E-state index contributed by atoms with van der Waals surface area (Å²) in [6, 6.07) is 0. The van der Waals surface area contributed by atoms with Gasteiger partial charge in [0, 0.05) is 12.7 Å². The quantitative estimate of drug-likeness (QED) is 0.795. The van der Waals surface area contributed by atoms with Gasteiger partial charge in [-0.15, -0.1) is 0 Å². The maximum atomic E-state index is 11.7. The monoisotopic (exact) mass is 221 g/mol. The van der Waals surface area contributed by atoms with E-state index in [1.165, 1.54) is 12.5 Å². The predicted molar refractivity (Wildman–Crippen MR) is 56.8 cm³/mol. The number of carbonyl (C=O) groups is 1. The lowest BCUT2D eigenvalue weighted by molar-refractivity contribution is 0.102. The summed E-state index contributed by atoms with van der Waals surface area (Å²) in [4.78, 5) is 11.7. The lowest BCUT2D eigenvalue weighted by atomic mass is 10.3. The molecular formula is C9H11N5O2. The van der Waals surface area contributed by atoms with Crippen LogP contribution in [0.25, 0.3) is 0 Å². The van der Waals surface area contributed by atoms with Crippen molar-refractivity contribution in [3.05, 3.63) is 24.4 Å². The van der Waals surface area contributed by atoms with Crippen LogP contribution in [0.2, 0.25) is 0 Å². The third kappa shape index (κ3) is 1.88. The van der Waals surface area contributed by atoms with Crippen LogP contribution in [0, 0.1) is 0 Å². The highest BCUT2D eigenvalue weighted by atomic mass is 16.5. The molecule has 7 heteroatoms. The van der Waals surface area contributed by atoms with Crippen LogP contribution in [0.15, 0.2) is 23.2 Å². The summed E-state index contributed by atoms with van der Waals surface area (Å²) in [6.45, 7) is 2.57. The molecule has 0 aliphatic carbocycles. The van der Waals surface area contributed by atoms with Crippen LogP contribution < -0.4 is 11.1 Å². The van der Waals surface area contributed by atoms with Crippen molar-refractivity contribution in [3.63, 3.8) is 0 Å². The Balaban J connectivity index is 2.17. The predicted octanol–water partition coefficient (Wildman–Crippen LogP) is 0.726. The minimum absolute atomic E-state index is 0.197. The molecule has 2 aromatic heterocycles. The molecule has 0 atom stereocenters. The molecule has 0 bridgehead atoms. The van der Waals surface area contributed by atoms with E-state index in [4.69, 9.17) is 5.73 Å². The number of anilines is 2. The van der Waals surface area contributed by atoms with Gasteiger partial charge in [0.25, 0.3) is 5.91 Å². The first kappa shape index (κ1) is 10.2. The van der Waals surface area contributed by atoms with Gasteiger partial charge in [-0.05, 0) is 6.92 Å². The molecule has 2 aromatic rings. The molecule has 0 radical (unpaired) electrons. The Hall–Kier alpha value is -2.31. The standard InChI is InChI=1S/C9H11N5O2/c1-2-14-4-7(10)8(13-14)9(15)12-6-3-11-16-5-6/h3-5H,2,10H2,1H3,(H,12,15). The molecule has 0 saturated carbocycles. The van der Waals surface area contributed by atoms with Crippen molar-refractivity contribution in [2.24, 2.45) is 0 Å². The Kier molecular flexibility index (Phi) is 2.59. The maximum Gasteiger partial charge on any atom is 0.278 e. The third-order valence-corrected chi connectivity index (χ3v) is 2.02. The number of carbonyl (C=O) groups excluding carboxylic acids is 1. The highest BCUT2D eigenvalue weighted by Crippen LogP contribution is 2.12. The van der Waals surface area contributed by atoms with Gasteiger partial charge < -0.3 is 15.6 Å². The summed E-state index contributed by atoms with van der Waals surface area (Å²) < 4.78 is 6.18. The summed E-state index contributed by atoms with van der Waals surface area (Å²) in [5.74, 6) is -0.382. The van der Waals surface area contributed by atoms with Gasteiger partial charge in [0.15, 0.2) is 5.69 Å². The summed E-state index contributed by atoms with van der Waals surface area (Å²) in [6.07, 6.45) is 4.33. The van der Waals surface area contributed by atoms with E-state index in [0.717, 1.165) is 0 Å². The highest BCUT2D eigenvalue weighted by molar-refractivity contribution is 6.05. The molecule has 1 amide bonds. The van der Waals surface area contributed by atoms with Crippen molar-refractivity contribution in [2.45, 2.75) is 13.5 Å². The molecule has 0 aliphatic heterocycles. The van der Waals surface area contributed by atoms with Crippen LogP contribution in [0.4, 0.5) is 11.4 Å². The fraction of sp³-hybridized carbons (Fsp3) is 0.222. The van der Waals surface area contributed by atoms with Crippen LogP contribution >= 0.6 is 0 Å². The first-order chi connectivity index (χ1) is 7.70. The molecule has 84 valence electrons. The van der Waals surface area contributed by atoms with Crippen LogP contribution in [0.1, 0.15) is 17.4 Å². The number of hydrogen-bond donors (Lipinski definition) is 2. The van der Waals surface area contributed by atoms with Crippen LogP contribution in [0.3, 0.4) is 0 Å². The number of rotatable bonds is 3. The van der Waals surface area contributed by atoms with Gasteiger partial charge in [0.1, 0.15) is 12.0 Å². The molecule has 2 rings (SSSR count). The molecule has 0 saturated heterocycles. The molecule has 0 spiro atoms. The summed E-state index contributed by atoms with van der Waals surface area (Å²) in [7, 11) is 0. The lowest BCUT2D eigenvalue weighted by Crippen LogP contribution is -2.14. The Bertz CT molecular complexity index is 488. The molecule has 0 fully saturated rings. The average molecular weight is 221 g/mol. The molecule has 0 aromatic carbocycles. The number of nitrogens with two attached hydrogens (primary N) is 1. The van der Waals surface area contributed by atoms with Crippen LogP contribution in [-0.2, 0) is 6.54 Å². The summed E-state index contributed by atoms with van der Waals surface area (Å²) in [5, 5.41) is 10.1. The Morgan fingerprint density at radius 1 is 1.69 bits per heavy atom. The molecule has 0 unspecified atom stereocenters. The Labute approximate surface area is 91.2 Å². The van der Waals surface area contributed by atoms with Gasteiger partial charge >= 0.3 is 0 Å². The molecule has 2 heterocycles. The number of nitrogen functional groups attached to an aromatic ring is 1. The fourth-order valence-electron chi connectivity index (χ4n) is 1.23. The van der Waals surface area contributed by atoms with E-state index in [2.05, 4.69) is 20.1 Å². The van der Waals surface area contributed by atoms with Gasteiger partial charge in [-0.25, -0.2) is 0 Å². The van der Waals surface area contributed by atoms with Crippen LogP contribution in [-0.4, -0.2) is 20.8 Å². The Morgan fingerprint density at radius 2 is 2.50 bits per heavy atom. The van der Waals surface area contributed by atoms with Gasteiger partial charge in [-0.2, -0.15) is 5.10 Å². The normalized spacial score (nSPS) is 10.3. The van der Waals surface area contributed by atoms with Crippen molar-refractivity contribution in [2.75, 3.05) is 11.1 Å². The Morgan fingerprint density at radius 3 is 3.06 bits per heavy atom. The summed E-state index contributed by atoms with van der Waals surface area (Å²) in [5.41, 5.74) is 6.67. The second-order valence-electron chi connectivity index (χ2n) is 3.16. The van der Waals surface area contributed by atoms with Crippen molar-refractivity contribution in [1.29, 1.82) is 0 Å². The SMILES string of the molecule is CCn1cc(N)c(C(=O)Nc2cnoc2)n1. The van der Waals surface area contributed by atoms with Crippen molar-refractivity contribution in [3.8, 4) is 0 Å². The third-order valence-electron chi connectivity index (χ3n) is 2.02. The smallest absolute Gasteiger partial charge is 0.278 e. The number of nitrogens with zero attached hydrogens (tertiary/aromatic N) is 3. The van der Waals surface area contributed by atoms with E-state index in [0.29, 0.717) is 17.9 Å². The molecular weight excluding hydrogens is 210 g/mol. The number of aromatic nitrogens is 3. The minimum Gasteiger partial charge on any atom is -0.396 e. The number of hydrogen-bond acceptors (Lipinski definition) is 5. The average Bonchev–Trinajstić information content (AvgIpc) is 2.87. The topological polar surface area (TPSA) is 99.0 Å². The van der Waals surface area contributed by atoms with Gasteiger partial charge in [-0.3, -0.25) is 9.48 Å². The molecule has 16 heavy (non-hydrogen) atoms. The summed E-state index contributed by atoms with van der Waals surface area (Å²) >= 11 is 0. The first-order valence-electron chi connectivity index (χ1n) is 4.74. The van der Waals surface area contributed by atoms with E-state index in [1.807, 2.05) is 6.92 Å². The zero-order valence-corrected chi connectivity index (χ0v) is 8.67. The fourth-order valence-corrected chi connectivity index (χ4v) is 1.23. The van der Waals surface area contributed by atoms with E-state index in [1.54, 1.807) is 10.9 Å². The highest BCUT2D eigenvalue weighted by Gasteiger charge is 2.15.